The van der Waals surface area contributed by atoms with Gasteiger partial charge in [-0.1, -0.05) is 0 Å². The van der Waals surface area contributed by atoms with E-state index in [1.165, 1.54) is 0 Å². The first-order valence-corrected chi connectivity index (χ1v) is 6.19. The van der Waals surface area contributed by atoms with E-state index in [-0.39, 0.29) is 12.8 Å². The Balaban J connectivity index is 4.21. The Kier molecular flexibility index (Phi) is 9.22. The van der Waals surface area contributed by atoms with Crippen LogP contribution in [-0.2, 0) is 19.1 Å². The predicted octanol–water partition coefficient (Wildman–Crippen LogP) is 1.73. The van der Waals surface area contributed by atoms with Crippen molar-refractivity contribution in [1.29, 1.82) is 0 Å². The third-order valence-corrected chi connectivity index (χ3v) is 2.47. The minimum absolute atomic E-state index is 0.0162. The zero-order chi connectivity index (χ0) is 14.0. The second-order valence-electron chi connectivity index (χ2n) is 3.90. The Morgan fingerprint density at radius 1 is 1.11 bits per heavy atom. The van der Waals surface area contributed by atoms with E-state index in [0.717, 1.165) is 0 Å². The van der Waals surface area contributed by atoms with Crippen LogP contribution >= 0.6 is 0 Å². The lowest BCUT2D eigenvalue weighted by Crippen LogP contribution is -2.25. The molecule has 0 radical (unpaired) electrons. The van der Waals surface area contributed by atoms with E-state index in [9.17, 15) is 9.59 Å². The van der Waals surface area contributed by atoms with Gasteiger partial charge in [0, 0.05) is 26.1 Å². The predicted molar refractivity (Wildman–Crippen MR) is 64.3 cm³/mol. The summed E-state index contributed by atoms with van der Waals surface area (Å²) in [6.45, 7) is 4.52. The van der Waals surface area contributed by atoms with Crippen LogP contribution in [0.2, 0.25) is 0 Å². The molecule has 0 amide bonds. The Labute approximate surface area is 107 Å². The van der Waals surface area contributed by atoms with Gasteiger partial charge in [0.15, 0.2) is 6.29 Å². The third kappa shape index (κ3) is 8.03. The van der Waals surface area contributed by atoms with E-state index in [1.807, 2.05) is 13.8 Å². The van der Waals surface area contributed by atoms with E-state index >= 15 is 0 Å². The fraction of sp³-hybridized carbons (Fsp3) is 0.833. The summed E-state index contributed by atoms with van der Waals surface area (Å²) in [4.78, 5) is 21.4. The number of aliphatic carboxylic acids is 2. The number of rotatable bonds is 11. The highest BCUT2D eigenvalue weighted by atomic mass is 16.7. The van der Waals surface area contributed by atoms with Crippen molar-refractivity contribution in [3.8, 4) is 0 Å². The molecule has 6 heteroatoms. The van der Waals surface area contributed by atoms with E-state index in [2.05, 4.69) is 0 Å². The fourth-order valence-corrected chi connectivity index (χ4v) is 1.63. The Morgan fingerprint density at radius 2 is 1.67 bits per heavy atom. The summed E-state index contributed by atoms with van der Waals surface area (Å²) < 4.78 is 10.6. The molecule has 0 aromatic carbocycles. The van der Waals surface area contributed by atoms with Crippen LogP contribution in [0.4, 0.5) is 0 Å². The van der Waals surface area contributed by atoms with Gasteiger partial charge in [-0.05, 0) is 26.7 Å². The van der Waals surface area contributed by atoms with Gasteiger partial charge >= 0.3 is 11.9 Å². The fourth-order valence-electron chi connectivity index (χ4n) is 1.63. The average Bonchev–Trinajstić information content (AvgIpc) is 2.27. The van der Waals surface area contributed by atoms with E-state index < -0.39 is 24.1 Å². The molecule has 0 aliphatic carbocycles. The second kappa shape index (κ2) is 9.85. The topological polar surface area (TPSA) is 93.1 Å². The molecule has 1 atom stereocenters. The van der Waals surface area contributed by atoms with Crippen molar-refractivity contribution in [2.24, 2.45) is 5.92 Å². The Hall–Kier alpha value is -1.14. The van der Waals surface area contributed by atoms with Gasteiger partial charge in [0.2, 0.25) is 0 Å². The summed E-state index contributed by atoms with van der Waals surface area (Å²) in [5.74, 6) is -2.48. The van der Waals surface area contributed by atoms with E-state index in [4.69, 9.17) is 19.7 Å². The number of carboxylic acids is 2. The molecule has 0 aliphatic rings. The van der Waals surface area contributed by atoms with Crippen molar-refractivity contribution < 1.29 is 29.3 Å². The van der Waals surface area contributed by atoms with Crippen molar-refractivity contribution in [3.63, 3.8) is 0 Å². The largest absolute Gasteiger partial charge is 0.481 e. The van der Waals surface area contributed by atoms with E-state index in [1.54, 1.807) is 0 Å². The van der Waals surface area contributed by atoms with Gasteiger partial charge < -0.3 is 19.7 Å². The minimum Gasteiger partial charge on any atom is -0.481 e. The summed E-state index contributed by atoms with van der Waals surface area (Å²) in [7, 11) is 0. The maximum absolute atomic E-state index is 11.1. The highest BCUT2D eigenvalue weighted by Gasteiger charge is 2.23. The molecule has 18 heavy (non-hydrogen) atoms. The molecular formula is C12H22O6. The molecular weight excluding hydrogens is 240 g/mol. The van der Waals surface area contributed by atoms with Crippen LogP contribution in [0.3, 0.4) is 0 Å². The van der Waals surface area contributed by atoms with Crippen molar-refractivity contribution in [3.05, 3.63) is 0 Å². The summed E-state index contributed by atoms with van der Waals surface area (Å²) in [5, 5.41) is 17.6. The summed E-state index contributed by atoms with van der Waals surface area (Å²) in [5.41, 5.74) is 0. The molecule has 0 saturated carbocycles. The van der Waals surface area contributed by atoms with Crippen LogP contribution in [0.25, 0.3) is 0 Å². The van der Waals surface area contributed by atoms with Crippen molar-refractivity contribution in [1.82, 2.24) is 0 Å². The van der Waals surface area contributed by atoms with Gasteiger partial charge in [0.05, 0.1) is 5.92 Å². The van der Waals surface area contributed by atoms with Crippen molar-refractivity contribution in [2.45, 2.75) is 45.8 Å². The molecule has 1 unspecified atom stereocenters. The second-order valence-corrected chi connectivity index (χ2v) is 3.90. The Bertz CT molecular complexity index is 247. The lowest BCUT2D eigenvalue weighted by atomic mass is 9.98. The molecule has 0 aromatic heterocycles. The third-order valence-electron chi connectivity index (χ3n) is 2.47. The summed E-state index contributed by atoms with van der Waals surface area (Å²) >= 11 is 0. The van der Waals surface area contributed by atoms with Gasteiger partial charge in [-0.15, -0.1) is 0 Å². The lowest BCUT2D eigenvalue weighted by Gasteiger charge is -2.20. The molecule has 0 rings (SSSR count). The van der Waals surface area contributed by atoms with Gasteiger partial charge in [-0.2, -0.15) is 0 Å². The standard InChI is InChI=1S/C12H22O6/c1-3-17-11(18-4-2)8-9(12(15)16)6-5-7-10(13)14/h9,11H,3-8H2,1-2H3,(H,13,14)(H,15,16). The first-order valence-electron chi connectivity index (χ1n) is 6.19. The van der Waals surface area contributed by atoms with Crippen LogP contribution in [0.5, 0.6) is 0 Å². The van der Waals surface area contributed by atoms with Crippen LogP contribution in [-0.4, -0.2) is 41.7 Å². The summed E-state index contributed by atoms with van der Waals surface area (Å²) in [6.07, 6.45) is 0.357. The molecule has 0 bridgehead atoms. The number of ether oxygens (including phenoxy) is 2. The lowest BCUT2D eigenvalue weighted by molar-refractivity contribution is -0.161. The summed E-state index contributed by atoms with van der Waals surface area (Å²) in [6, 6.07) is 0. The van der Waals surface area contributed by atoms with Crippen LogP contribution in [0.15, 0.2) is 0 Å². The maximum atomic E-state index is 11.1. The zero-order valence-corrected chi connectivity index (χ0v) is 10.9. The number of carboxylic acid groups (broad SMARTS) is 2. The number of carbonyl (C=O) groups is 2. The average molecular weight is 262 g/mol. The van der Waals surface area contributed by atoms with Crippen LogP contribution in [0.1, 0.15) is 39.5 Å². The first-order chi connectivity index (χ1) is 8.51. The molecule has 6 nitrogen and oxygen atoms in total. The normalized spacial score (nSPS) is 12.6. The van der Waals surface area contributed by atoms with E-state index in [0.29, 0.717) is 26.1 Å². The quantitative estimate of drug-likeness (QED) is 0.551. The van der Waals surface area contributed by atoms with Crippen LogP contribution < -0.4 is 0 Å². The molecule has 106 valence electrons. The molecule has 0 saturated heterocycles. The Morgan fingerprint density at radius 3 is 2.06 bits per heavy atom. The smallest absolute Gasteiger partial charge is 0.306 e. The molecule has 0 spiro atoms. The minimum atomic E-state index is -0.940. The maximum Gasteiger partial charge on any atom is 0.306 e. The van der Waals surface area contributed by atoms with Gasteiger partial charge in [-0.3, -0.25) is 9.59 Å². The molecule has 0 aliphatic heterocycles. The first kappa shape index (κ1) is 16.9. The highest BCUT2D eigenvalue weighted by molar-refractivity contribution is 5.70. The molecule has 2 N–H and O–H groups in total. The number of hydrogen-bond donors (Lipinski definition) is 2. The molecule has 0 aromatic rings. The van der Waals surface area contributed by atoms with Crippen molar-refractivity contribution >= 4 is 11.9 Å². The number of hydrogen-bond acceptors (Lipinski definition) is 4. The van der Waals surface area contributed by atoms with Crippen molar-refractivity contribution in [2.75, 3.05) is 13.2 Å². The SMILES string of the molecule is CCOC(CC(CCCC(=O)O)C(=O)O)OCC. The van der Waals surface area contributed by atoms with Crippen LogP contribution in [0, 0.1) is 5.92 Å². The molecule has 0 heterocycles. The zero-order valence-electron chi connectivity index (χ0n) is 10.9. The monoisotopic (exact) mass is 262 g/mol. The highest BCUT2D eigenvalue weighted by Crippen LogP contribution is 2.18. The van der Waals surface area contributed by atoms with Gasteiger partial charge in [0.1, 0.15) is 0 Å². The molecule has 0 fully saturated rings. The van der Waals surface area contributed by atoms with Gasteiger partial charge in [0.25, 0.3) is 0 Å². The van der Waals surface area contributed by atoms with Gasteiger partial charge in [-0.25, -0.2) is 0 Å².